The van der Waals surface area contributed by atoms with Gasteiger partial charge in [-0.1, -0.05) is 12.8 Å². The molecule has 3 N–H and O–H groups in total. The summed E-state index contributed by atoms with van der Waals surface area (Å²) in [5, 5.41) is 3.42. The quantitative estimate of drug-likeness (QED) is 0.803. The van der Waals surface area contributed by atoms with Crippen LogP contribution in [0.2, 0.25) is 0 Å². The summed E-state index contributed by atoms with van der Waals surface area (Å²) >= 11 is 0. The second-order valence-corrected chi connectivity index (χ2v) is 6.68. The standard InChI is InChI=1S/C15H27N3O/c16-14(19)15(18-9-2-7-17-8-10-18)6-1-3-13(11-15)12-4-5-12/h12-13,17H,1-11H2,(H2,16,19). The first-order valence-electron chi connectivity index (χ1n) is 7.98. The van der Waals surface area contributed by atoms with E-state index in [9.17, 15) is 4.79 Å². The van der Waals surface area contributed by atoms with Crippen LogP contribution in [-0.2, 0) is 4.79 Å². The molecular weight excluding hydrogens is 238 g/mol. The van der Waals surface area contributed by atoms with Crippen molar-refractivity contribution in [1.29, 1.82) is 0 Å². The Kier molecular flexibility index (Phi) is 3.81. The lowest BCUT2D eigenvalue weighted by Crippen LogP contribution is -2.60. The third kappa shape index (κ3) is 2.65. The van der Waals surface area contributed by atoms with E-state index in [0.29, 0.717) is 0 Å². The van der Waals surface area contributed by atoms with Crippen LogP contribution >= 0.6 is 0 Å². The van der Waals surface area contributed by atoms with Crippen LogP contribution in [0.3, 0.4) is 0 Å². The van der Waals surface area contributed by atoms with Gasteiger partial charge in [-0.25, -0.2) is 0 Å². The van der Waals surface area contributed by atoms with Gasteiger partial charge in [0.25, 0.3) is 0 Å². The number of nitrogens with one attached hydrogen (secondary N) is 1. The lowest BCUT2D eigenvalue weighted by atomic mass is 9.72. The highest BCUT2D eigenvalue weighted by Crippen LogP contribution is 2.48. The molecule has 0 bridgehead atoms. The number of hydrogen-bond acceptors (Lipinski definition) is 3. The second-order valence-electron chi connectivity index (χ2n) is 6.68. The molecule has 1 aliphatic heterocycles. The lowest BCUT2D eigenvalue weighted by molar-refractivity contribution is -0.134. The molecule has 4 heteroatoms. The van der Waals surface area contributed by atoms with Gasteiger partial charge in [0.1, 0.15) is 5.54 Å². The van der Waals surface area contributed by atoms with Gasteiger partial charge < -0.3 is 11.1 Å². The largest absolute Gasteiger partial charge is 0.368 e. The monoisotopic (exact) mass is 265 g/mol. The fourth-order valence-corrected chi connectivity index (χ4v) is 4.21. The molecule has 3 rings (SSSR count). The van der Waals surface area contributed by atoms with Gasteiger partial charge in [0.2, 0.25) is 5.91 Å². The minimum Gasteiger partial charge on any atom is -0.368 e. The maximum Gasteiger partial charge on any atom is 0.237 e. The Balaban J connectivity index is 1.78. The summed E-state index contributed by atoms with van der Waals surface area (Å²) in [6, 6.07) is 0. The summed E-state index contributed by atoms with van der Waals surface area (Å²) in [5.74, 6) is 1.57. The number of amides is 1. The Bertz CT molecular complexity index is 334. The van der Waals surface area contributed by atoms with Gasteiger partial charge in [0, 0.05) is 19.6 Å². The number of carbonyl (C=O) groups excluding carboxylic acids is 1. The van der Waals surface area contributed by atoms with Crippen LogP contribution in [0, 0.1) is 11.8 Å². The fourth-order valence-electron chi connectivity index (χ4n) is 4.21. The third-order valence-corrected chi connectivity index (χ3v) is 5.46. The van der Waals surface area contributed by atoms with Crippen molar-refractivity contribution in [3.05, 3.63) is 0 Å². The van der Waals surface area contributed by atoms with Gasteiger partial charge in [-0.3, -0.25) is 9.69 Å². The first kappa shape index (κ1) is 13.4. The van der Waals surface area contributed by atoms with E-state index in [-0.39, 0.29) is 11.4 Å². The van der Waals surface area contributed by atoms with Gasteiger partial charge in [0.15, 0.2) is 0 Å². The van der Waals surface area contributed by atoms with Crippen LogP contribution in [-0.4, -0.2) is 42.5 Å². The summed E-state index contributed by atoms with van der Waals surface area (Å²) < 4.78 is 0. The van der Waals surface area contributed by atoms with Crippen molar-refractivity contribution in [3.8, 4) is 0 Å². The summed E-state index contributed by atoms with van der Waals surface area (Å²) in [6.07, 6.45) is 8.36. The molecule has 108 valence electrons. The second kappa shape index (κ2) is 5.41. The molecule has 3 fully saturated rings. The van der Waals surface area contributed by atoms with Gasteiger partial charge in [0.05, 0.1) is 0 Å². The van der Waals surface area contributed by atoms with Crippen molar-refractivity contribution in [3.63, 3.8) is 0 Å². The zero-order valence-corrected chi connectivity index (χ0v) is 11.9. The summed E-state index contributed by atoms with van der Waals surface area (Å²) in [4.78, 5) is 14.6. The maximum atomic E-state index is 12.2. The van der Waals surface area contributed by atoms with Crippen LogP contribution in [0.1, 0.15) is 44.9 Å². The molecule has 2 unspecified atom stereocenters. The average molecular weight is 265 g/mol. The van der Waals surface area contributed by atoms with Crippen LogP contribution in [0.25, 0.3) is 0 Å². The molecule has 0 spiro atoms. The van der Waals surface area contributed by atoms with E-state index in [2.05, 4.69) is 10.2 Å². The number of rotatable bonds is 3. The zero-order valence-electron chi connectivity index (χ0n) is 11.9. The molecule has 0 aromatic heterocycles. The average Bonchev–Trinajstić information content (AvgIpc) is 3.25. The van der Waals surface area contributed by atoms with Crippen molar-refractivity contribution >= 4 is 5.91 Å². The summed E-state index contributed by atoms with van der Waals surface area (Å²) in [6.45, 7) is 4.05. The molecule has 4 nitrogen and oxygen atoms in total. The van der Waals surface area contributed by atoms with Crippen LogP contribution in [0.4, 0.5) is 0 Å². The molecule has 1 heterocycles. The molecule has 2 saturated carbocycles. The molecule has 1 amide bonds. The predicted octanol–water partition coefficient (Wildman–Crippen LogP) is 1.11. The lowest BCUT2D eigenvalue weighted by Gasteiger charge is -2.46. The zero-order chi connectivity index (χ0) is 13.3. The molecule has 3 aliphatic rings. The Hall–Kier alpha value is -0.610. The van der Waals surface area contributed by atoms with Gasteiger partial charge >= 0.3 is 0 Å². The molecule has 0 aromatic carbocycles. The predicted molar refractivity (Wildman–Crippen MR) is 75.7 cm³/mol. The van der Waals surface area contributed by atoms with E-state index < -0.39 is 0 Å². The number of hydrogen-bond donors (Lipinski definition) is 2. The van der Waals surface area contributed by atoms with Gasteiger partial charge in [-0.15, -0.1) is 0 Å². The number of carbonyl (C=O) groups is 1. The van der Waals surface area contributed by atoms with E-state index in [1.807, 2.05) is 0 Å². The molecule has 19 heavy (non-hydrogen) atoms. The highest BCUT2D eigenvalue weighted by atomic mass is 16.1. The minimum atomic E-state index is -0.336. The molecule has 2 atom stereocenters. The third-order valence-electron chi connectivity index (χ3n) is 5.46. The fraction of sp³-hybridized carbons (Fsp3) is 0.933. The summed E-state index contributed by atoms with van der Waals surface area (Å²) in [5.41, 5.74) is 5.53. The van der Waals surface area contributed by atoms with Crippen LogP contribution in [0.5, 0.6) is 0 Å². The molecule has 2 aliphatic carbocycles. The van der Waals surface area contributed by atoms with Crippen molar-refractivity contribution in [2.75, 3.05) is 26.2 Å². The topological polar surface area (TPSA) is 58.4 Å². The molecular formula is C15H27N3O. The first-order valence-corrected chi connectivity index (χ1v) is 7.98. The Morgan fingerprint density at radius 3 is 2.68 bits per heavy atom. The molecule has 0 aromatic rings. The Morgan fingerprint density at radius 1 is 1.11 bits per heavy atom. The van der Waals surface area contributed by atoms with Crippen molar-refractivity contribution in [2.45, 2.75) is 50.5 Å². The normalized spacial score (nSPS) is 37.8. The van der Waals surface area contributed by atoms with Crippen molar-refractivity contribution in [1.82, 2.24) is 10.2 Å². The van der Waals surface area contributed by atoms with Crippen molar-refractivity contribution in [2.24, 2.45) is 17.6 Å². The van der Waals surface area contributed by atoms with Crippen LogP contribution in [0.15, 0.2) is 0 Å². The molecule has 0 radical (unpaired) electrons. The first-order chi connectivity index (χ1) is 9.22. The van der Waals surface area contributed by atoms with Crippen LogP contribution < -0.4 is 11.1 Å². The smallest absolute Gasteiger partial charge is 0.237 e. The number of primary amides is 1. The Labute approximate surface area is 116 Å². The maximum absolute atomic E-state index is 12.2. The van der Waals surface area contributed by atoms with E-state index in [0.717, 1.165) is 57.3 Å². The van der Waals surface area contributed by atoms with Crippen molar-refractivity contribution < 1.29 is 4.79 Å². The number of nitrogens with zero attached hydrogens (tertiary/aromatic N) is 1. The minimum absolute atomic E-state index is 0.0697. The SMILES string of the molecule is NC(=O)C1(N2CCCNCC2)CCCC(C2CC2)C1. The summed E-state index contributed by atoms with van der Waals surface area (Å²) in [7, 11) is 0. The van der Waals surface area contributed by atoms with E-state index >= 15 is 0 Å². The molecule has 1 saturated heterocycles. The Morgan fingerprint density at radius 2 is 1.95 bits per heavy atom. The van der Waals surface area contributed by atoms with E-state index in [1.54, 1.807) is 0 Å². The van der Waals surface area contributed by atoms with Gasteiger partial charge in [-0.05, 0) is 50.5 Å². The van der Waals surface area contributed by atoms with Gasteiger partial charge in [-0.2, -0.15) is 0 Å². The van der Waals surface area contributed by atoms with E-state index in [1.165, 1.54) is 25.7 Å². The highest BCUT2D eigenvalue weighted by Gasteiger charge is 2.48. The number of nitrogens with two attached hydrogens (primary N) is 1. The highest BCUT2D eigenvalue weighted by molar-refractivity contribution is 5.84. The van der Waals surface area contributed by atoms with E-state index in [4.69, 9.17) is 5.73 Å².